The molecule has 4 aromatic carbocycles. The third kappa shape index (κ3) is 10.5. The monoisotopic (exact) mass is 653 g/mol. The first-order valence-corrected chi connectivity index (χ1v) is 17.3. The van der Waals surface area contributed by atoms with Crippen molar-refractivity contribution in [2.75, 3.05) is 32.9 Å². The lowest BCUT2D eigenvalue weighted by Crippen LogP contribution is -2.55. The second-order valence-electron chi connectivity index (χ2n) is 13.5. The van der Waals surface area contributed by atoms with Gasteiger partial charge in [0.1, 0.15) is 11.4 Å². The molecule has 0 bridgehead atoms. The van der Waals surface area contributed by atoms with Crippen molar-refractivity contribution in [1.29, 1.82) is 0 Å². The number of hydrogen-bond acceptors (Lipinski definition) is 6. The van der Waals surface area contributed by atoms with Gasteiger partial charge in [-0.1, -0.05) is 92.2 Å². The molecule has 0 radical (unpaired) electrons. The Labute approximate surface area is 286 Å². The zero-order chi connectivity index (χ0) is 33.8. The van der Waals surface area contributed by atoms with Crippen LogP contribution in [0.2, 0.25) is 0 Å². The van der Waals surface area contributed by atoms with Crippen LogP contribution in [0.5, 0.6) is 5.75 Å². The standard InChI is InChI=1S/C41H51NO6/c1-5-6-24-46-37-27-42(40(43)48-41(2,3)4)28-38(47-30-32-17-18-33-15-10-11-16-35(33)26-32)39(37)34-19-21-36(22-20-34)45-25-12-23-44-29-31-13-8-7-9-14-31/h7-11,13-22,26,37-39H,5-6,12,23-25,27-30H2,1-4H3. The summed E-state index contributed by atoms with van der Waals surface area (Å²) >= 11 is 0. The number of unbranched alkanes of at least 4 members (excludes halogenated alkanes) is 1. The van der Waals surface area contributed by atoms with Gasteiger partial charge in [0.2, 0.25) is 0 Å². The van der Waals surface area contributed by atoms with Crippen LogP contribution in [0.25, 0.3) is 10.8 Å². The van der Waals surface area contributed by atoms with E-state index >= 15 is 0 Å². The number of ether oxygens (including phenoxy) is 5. The van der Waals surface area contributed by atoms with E-state index in [0.717, 1.165) is 36.1 Å². The van der Waals surface area contributed by atoms with Crippen molar-refractivity contribution in [3.63, 3.8) is 0 Å². The maximum Gasteiger partial charge on any atom is 0.410 e. The first-order valence-electron chi connectivity index (χ1n) is 17.3. The number of nitrogens with zero attached hydrogens (tertiary/aromatic N) is 1. The largest absolute Gasteiger partial charge is 0.494 e. The van der Waals surface area contributed by atoms with Crippen LogP contribution in [0.1, 0.15) is 69.6 Å². The van der Waals surface area contributed by atoms with E-state index in [4.69, 9.17) is 23.7 Å². The molecule has 0 saturated carbocycles. The van der Waals surface area contributed by atoms with Gasteiger partial charge in [-0.15, -0.1) is 0 Å². The molecule has 1 saturated heterocycles. The Kier molecular flexibility index (Phi) is 12.9. The van der Waals surface area contributed by atoms with Crippen molar-refractivity contribution < 1.29 is 28.5 Å². The van der Waals surface area contributed by atoms with E-state index in [2.05, 4.69) is 61.5 Å². The Morgan fingerprint density at radius 3 is 2.17 bits per heavy atom. The Morgan fingerprint density at radius 2 is 1.44 bits per heavy atom. The van der Waals surface area contributed by atoms with Crippen LogP contribution < -0.4 is 4.74 Å². The molecule has 1 amide bonds. The maximum absolute atomic E-state index is 13.3. The predicted molar refractivity (Wildman–Crippen MR) is 190 cm³/mol. The Hall–Kier alpha value is -3.91. The average Bonchev–Trinajstić information content (AvgIpc) is 3.09. The zero-order valence-electron chi connectivity index (χ0n) is 28.9. The SMILES string of the molecule is CCCCOC1CN(C(=O)OC(C)(C)C)CC(OCc2ccc3ccccc3c2)C1c1ccc(OCCCOCc2ccccc2)cc1. The fraction of sp³-hybridized carbons (Fsp3) is 0.439. The van der Waals surface area contributed by atoms with Crippen LogP contribution >= 0.6 is 0 Å². The normalized spacial score (nSPS) is 18.2. The molecule has 7 heteroatoms. The van der Waals surface area contributed by atoms with Crippen LogP contribution in [-0.2, 0) is 32.2 Å². The molecule has 0 aliphatic carbocycles. The fourth-order valence-electron chi connectivity index (χ4n) is 6.01. The lowest BCUT2D eigenvalue weighted by Gasteiger charge is -2.43. The van der Waals surface area contributed by atoms with Crippen LogP contribution in [-0.4, -0.2) is 61.7 Å². The van der Waals surface area contributed by atoms with Gasteiger partial charge in [-0.25, -0.2) is 4.79 Å². The van der Waals surface area contributed by atoms with E-state index in [0.29, 0.717) is 46.1 Å². The molecular weight excluding hydrogens is 602 g/mol. The highest BCUT2D eigenvalue weighted by Crippen LogP contribution is 2.35. The molecule has 48 heavy (non-hydrogen) atoms. The third-order valence-corrected chi connectivity index (χ3v) is 8.44. The molecule has 1 heterocycles. The highest BCUT2D eigenvalue weighted by atomic mass is 16.6. The summed E-state index contributed by atoms with van der Waals surface area (Å²) < 4.78 is 30.9. The number of carbonyl (C=O) groups is 1. The number of hydrogen-bond donors (Lipinski definition) is 0. The average molecular weight is 654 g/mol. The summed E-state index contributed by atoms with van der Waals surface area (Å²) in [6.07, 6.45) is 1.86. The van der Waals surface area contributed by atoms with E-state index in [1.807, 2.05) is 63.2 Å². The topological polar surface area (TPSA) is 66.5 Å². The first-order chi connectivity index (χ1) is 23.3. The summed E-state index contributed by atoms with van der Waals surface area (Å²) in [4.78, 5) is 15.1. The predicted octanol–water partition coefficient (Wildman–Crippen LogP) is 8.93. The van der Waals surface area contributed by atoms with Gasteiger partial charge in [0.25, 0.3) is 0 Å². The zero-order valence-corrected chi connectivity index (χ0v) is 28.9. The highest BCUT2D eigenvalue weighted by Gasteiger charge is 2.42. The van der Waals surface area contributed by atoms with E-state index < -0.39 is 5.60 Å². The van der Waals surface area contributed by atoms with Crippen molar-refractivity contribution in [2.24, 2.45) is 0 Å². The molecule has 1 aliphatic rings. The minimum Gasteiger partial charge on any atom is -0.494 e. The smallest absolute Gasteiger partial charge is 0.410 e. The summed E-state index contributed by atoms with van der Waals surface area (Å²) in [5.41, 5.74) is 2.75. The number of rotatable bonds is 15. The lowest BCUT2D eigenvalue weighted by molar-refractivity contribution is -0.0963. The molecular formula is C41H51NO6. The van der Waals surface area contributed by atoms with Crippen molar-refractivity contribution >= 4 is 16.9 Å². The van der Waals surface area contributed by atoms with Crippen molar-refractivity contribution in [3.05, 3.63) is 114 Å². The van der Waals surface area contributed by atoms with Crippen molar-refractivity contribution in [2.45, 2.75) is 83.9 Å². The van der Waals surface area contributed by atoms with E-state index in [9.17, 15) is 4.79 Å². The maximum atomic E-state index is 13.3. The molecule has 0 spiro atoms. The Balaban J connectivity index is 1.28. The van der Waals surface area contributed by atoms with Crippen molar-refractivity contribution in [3.8, 4) is 5.75 Å². The van der Waals surface area contributed by atoms with Gasteiger partial charge >= 0.3 is 6.09 Å². The number of fused-ring (bicyclic) bond motifs is 1. The lowest BCUT2D eigenvalue weighted by atomic mass is 9.84. The quantitative estimate of drug-likeness (QED) is 0.119. The van der Waals surface area contributed by atoms with Crippen molar-refractivity contribution in [1.82, 2.24) is 4.90 Å². The van der Waals surface area contributed by atoms with E-state index in [1.165, 1.54) is 16.3 Å². The minimum absolute atomic E-state index is 0.0820. The highest BCUT2D eigenvalue weighted by molar-refractivity contribution is 5.82. The Bertz CT molecular complexity index is 1550. The summed E-state index contributed by atoms with van der Waals surface area (Å²) in [6.45, 7) is 11.5. The summed E-state index contributed by atoms with van der Waals surface area (Å²) in [5, 5.41) is 2.37. The van der Waals surface area contributed by atoms with Crippen LogP contribution in [0.3, 0.4) is 0 Å². The minimum atomic E-state index is -0.599. The molecule has 4 aromatic rings. The third-order valence-electron chi connectivity index (χ3n) is 8.44. The van der Waals surface area contributed by atoms with Gasteiger partial charge in [0.15, 0.2) is 0 Å². The first kappa shape index (κ1) is 35.4. The second-order valence-corrected chi connectivity index (χ2v) is 13.5. The number of benzene rings is 4. The molecule has 0 aromatic heterocycles. The second kappa shape index (κ2) is 17.5. The molecule has 7 nitrogen and oxygen atoms in total. The summed E-state index contributed by atoms with van der Waals surface area (Å²) in [5.74, 6) is 0.728. The van der Waals surface area contributed by atoms with E-state index in [-0.39, 0.29) is 24.2 Å². The van der Waals surface area contributed by atoms with Gasteiger partial charge in [0, 0.05) is 18.9 Å². The molecule has 1 aliphatic heterocycles. The fourth-order valence-corrected chi connectivity index (χ4v) is 6.01. The van der Waals surface area contributed by atoms with Gasteiger partial charge in [-0.3, -0.25) is 0 Å². The molecule has 3 unspecified atom stereocenters. The number of likely N-dealkylation sites (tertiary alicyclic amines) is 1. The number of piperidine rings is 1. The van der Waals surface area contributed by atoms with Gasteiger partial charge in [-0.2, -0.15) is 0 Å². The van der Waals surface area contributed by atoms with Gasteiger partial charge < -0.3 is 28.6 Å². The molecule has 0 N–H and O–H groups in total. The molecule has 5 rings (SSSR count). The number of carbonyl (C=O) groups excluding carboxylic acids is 1. The molecule has 1 fully saturated rings. The summed E-state index contributed by atoms with van der Waals surface area (Å²) in [6, 6.07) is 33.2. The Morgan fingerprint density at radius 1 is 0.729 bits per heavy atom. The van der Waals surface area contributed by atoms with Gasteiger partial charge in [0.05, 0.1) is 51.7 Å². The number of amides is 1. The molecule has 256 valence electrons. The van der Waals surface area contributed by atoms with E-state index in [1.54, 1.807) is 4.90 Å². The van der Waals surface area contributed by atoms with Crippen LogP contribution in [0.15, 0.2) is 97.1 Å². The van der Waals surface area contributed by atoms with Crippen LogP contribution in [0, 0.1) is 0 Å². The molecule has 3 atom stereocenters. The van der Waals surface area contributed by atoms with Crippen LogP contribution in [0.4, 0.5) is 4.79 Å². The van der Waals surface area contributed by atoms with Gasteiger partial charge in [-0.05, 0) is 72.9 Å². The summed E-state index contributed by atoms with van der Waals surface area (Å²) in [7, 11) is 0.